The Morgan fingerprint density at radius 1 is 1.67 bits per heavy atom. The van der Waals surface area contributed by atoms with Crippen molar-refractivity contribution in [3.63, 3.8) is 0 Å². The highest BCUT2D eigenvalue weighted by molar-refractivity contribution is 5.98. The van der Waals surface area contributed by atoms with Crippen LogP contribution in [0.3, 0.4) is 0 Å². The minimum Gasteiger partial charge on any atom is -0.330 e. The molecule has 3 amide bonds. The van der Waals surface area contributed by atoms with Crippen molar-refractivity contribution in [1.82, 2.24) is 9.80 Å². The van der Waals surface area contributed by atoms with Crippen LogP contribution in [0.15, 0.2) is 0 Å². The van der Waals surface area contributed by atoms with E-state index in [4.69, 9.17) is 5.73 Å². The summed E-state index contributed by atoms with van der Waals surface area (Å²) in [6.45, 7) is 0.441. The molecule has 1 saturated heterocycles. The zero-order chi connectivity index (χ0) is 9.30. The molecule has 5 heteroatoms. The topological polar surface area (TPSA) is 66.6 Å². The fourth-order valence-corrected chi connectivity index (χ4v) is 1.13. The van der Waals surface area contributed by atoms with Crippen molar-refractivity contribution in [3.05, 3.63) is 0 Å². The first kappa shape index (κ1) is 8.99. The predicted molar refractivity (Wildman–Crippen MR) is 43.4 cm³/mol. The molecule has 0 aliphatic carbocycles. The Balaban J connectivity index is 2.66. The maximum absolute atomic E-state index is 11.3. The number of rotatable bonds is 0. The van der Waals surface area contributed by atoms with Gasteiger partial charge in [0.15, 0.2) is 0 Å². The molecule has 5 nitrogen and oxygen atoms in total. The third-order valence-electron chi connectivity index (χ3n) is 1.86. The van der Waals surface area contributed by atoms with Gasteiger partial charge < -0.3 is 10.6 Å². The molecule has 68 valence electrons. The van der Waals surface area contributed by atoms with E-state index in [2.05, 4.69) is 0 Å². The largest absolute Gasteiger partial charge is 0.330 e. The molecule has 0 aromatic heterocycles. The lowest BCUT2D eigenvalue weighted by atomic mass is 10.3. The fourth-order valence-electron chi connectivity index (χ4n) is 1.13. The molecular weight excluding hydrogens is 158 g/mol. The summed E-state index contributed by atoms with van der Waals surface area (Å²) in [5.41, 5.74) is 5.44. The molecule has 0 radical (unpaired) electrons. The van der Waals surface area contributed by atoms with Crippen LogP contribution in [0.25, 0.3) is 0 Å². The van der Waals surface area contributed by atoms with Crippen LogP contribution in [0.2, 0.25) is 0 Å². The maximum Gasteiger partial charge on any atom is 0.326 e. The molecule has 0 saturated carbocycles. The van der Waals surface area contributed by atoms with Crippen LogP contribution in [0, 0.1) is 0 Å². The quantitative estimate of drug-likeness (QED) is 0.520. The molecule has 2 N–H and O–H groups in total. The van der Waals surface area contributed by atoms with Gasteiger partial charge in [-0.3, -0.25) is 9.69 Å². The van der Waals surface area contributed by atoms with Gasteiger partial charge in [-0.05, 0) is 6.42 Å². The number of imide groups is 1. The highest BCUT2D eigenvalue weighted by Gasteiger charge is 2.33. The SMILES string of the molecule is CN(C)C(=O)N1CCC(N)C1=O. The molecule has 1 unspecified atom stereocenters. The minimum atomic E-state index is -0.492. The van der Waals surface area contributed by atoms with E-state index >= 15 is 0 Å². The fraction of sp³-hybridized carbons (Fsp3) is 0.714. The molecule has 0 aromatic carbocycles. The molecule has 1 fully saturated rings. The minimum absolute atomic E-state index is 0.270. The summed E-state index contributed by atoms with van der Waals surface area (Å²) >= 11 is 0. The maximum atomic E-state index is 11.3. The first-order chi connectivity index (χ1) is 5.54. The molecule has 12 heavy (non-hydrogen) atoms. The van der Waals surface area contributed by atoms with E-state index in [0.29, 0.717) is 13.0 Å². The highest BCUT2D eigenvalue weighted by atomic mass is 16.2. The van der Waals surface area contributed by atoms with Gasteiger partial charge in [0, 0.05) is 20.6 Å². The van der Waals surface area contributed by atoms with Crippen LogP contribution in [-0.4, -0.2) is 48.4 Å². The second-order valence-electron chi connectivity index (χ2n) is 3.06. The van der Waals surface area contributed by atoms with Crippen LogP contribution < -0.4 is 5.73 Å². The average molecular weight is 171 g/mol. The second-order valence-corrected chi connectivity index (χ2v) is 3.06. The van der Waals surface area contributed by atoms with Crippen LogP contribution >= 0.6 is 0 Å². The van der Waals surface area contributed by atoms with Gasteiger partial charge in [-0.15, -0.1) is 0 Å². The van der Waals surface area contributed by atoms with Crippen LogP contribution in [0.5, 0.6) is 0 Å². The second kappa shape index (κ2) is 3.10. The molecular formula is C7H13N3O2. The Bertz CT molecular complexity index is 215. The first-order valence-electron chi connectivity index (χ1n) is 3.82. The normalized spacial score (nSPS) is 23.1. The summed E-state index contributed by atoms with van der Waals surface area (Å²) in [4.78, 5) is 25.0. The number of carbonyl (C=O) groups is 2. The van der Waals surface area contributed by atoms with E-state index in [9.17, 15) is 9.59 Å². The number of amides is 3. The Kier molecular flexibility index (Phi) is 2.32. The number of hydrogen-bond donors (Lipinski definition) is 1. The first-order valence-corrected chi connectivity index (χ1v) is 3.82. The average Bonchev–Trinajstić information content (AvgIpc) is 2.32. The predicted octanol–water partition coefficient (Wildman–Crippen LogP) is -0.772. The standard InChI is InChI=1S/C7H13N3O2/c1-9(2)7(12)10-4-3-5(8)6(10)11/h5H,3-4,8H2,1-2H3. The number of carbonyl (C=O) groups excluding carboxylic acids is 2. The van der Waals surface area contributed by atoms with Crippen molar-refractivity contribution in [2.24, 2.45) is 5.73 Å². The smallest absolute Gasteiger partial charge is 0.326 e. The van der Waals surface area contributed by atoms with Crippen molar-refractivity contribution in [2.45, 2.75) is 12.5 Å². The molecule has 1 aliphatic heterocycles. The molecule has 1 aliphatic rings. The van der Waals surface area contributed by atoms with E-state index in [0.717, 1.165) is 0 Å². The van der Waals surface area contributed by atoms with Gasteiger partial charge in [-0.2, -0.15) is 0 Å². The monoisotopic (exact) mass is 171 g/mol. The van der Waals surface area contributed by atoms with Gasteiger partial charge in [0.2, 0.25) is 5.91 Å². The molecule has 0 bridgehead atoms. The molecule has 0 spiro atoms. The summed E-state index contributed by atoms with van der Waals surface area (Å²) in [5.74, 6) is -0.270. The van der Waals surface area contributed by atoms with Gasteiger partial charge in [-0.1, -0.05) is 0 Å². The number of nitrogens with zero attached hydrogens (tertiary/aromatic N) is 2. The Labute approximate surface area is 71.1 Å². The third kappa shape index (κ3) is 1.40. The van der Waals surface area contributed by atoms with E-state index < -0.39 is 6.04 Å². The lowest BCUT2D eigenvalue weighted by Gasteiger charge is -2.18. The summed E-state index contributed by atoms with van der Waals surface area (Å²) in [5, 5.41) is 0. The number of likely N-dealkylation sites (tertiary alicyclic amines) is 1. The highest BCUT2D eigenvalue weighted by Crippen LogP contribution is 2.10. The molecule has 1 rings (SSSR count). The summed E-state index contributed by atoms with van der Waals surface area (Å²) in [7, 11) is 3.22. The van der Waals surface area contributed by atoms with Crippen molar-refractivity contribution in [3.8, 4) is 0 Å². The van der Waals surface area contributed by atoms with Crippen LogP contribution in [0.4, 0.5) is 4.79 Å². The van der Waals surface area contributed by atoms with Gasteiger partial charge in [-0.25, -0.2) is 4.79 Å². The molecule has 1 atom stereocenters. The number of hydrogen-bond acceptors (Lipinski definition) is 3. The summed E-state index contributed by atoms with van der Waals surface area (Å²) in [6.07, 6.45) is 0.568. The van der Waals surface area contributed by atoms with E-state index in [1.807, 2.05) is 0 Å². The Hall–Kier alpha value is -1.10. The lowest BCUT2D eigenvalue weighted by molar-refractivity contribution is -0.126. The van der Waals surface area contributed by atoms with Crippen molar-refractivity contribution < 1.29 is 9.59 Å². The van der Waals surface area contributed by atoms with E-state index in [1.54, 1.807) is 14.1 Å². The Morgan fingerprint density at radius 2 is 2.25 bits per heavy atom. The number of urea groups is 1. The van der Waals surface area contributed by atoms with E-state index in [-0.39, 0.29) is 11.9 Å². The molecule has 1 heterocycles. The summed E-state index contributed by atoms with van der Waals surface area (Å²) in [6, 6.07) is -0.776. The molecule has 0 aromatic rings. The van der Waals surface area contributed by atoms with Gasteiger partial charge in [0.05, 0.1) is 6.04 Å². The van der Waals surface area contributed by atoms with E-state index in [1.165, 1.54) is 9.80 Å². The third-order valence-corrected chi connectivity index (χ3v) is 1.86. The summed E-state index contributed by atoms with van der Waals surface area (Å²) < 4.78 is 0. The van der Waals surface area contributed by atoms with Gasteiger partial charge >= 0.3 is 6.03 Å². The van der Waals surface area contributed by atoms with Gasteiger partial charge in [0.1, 0.15) is 0 Å². The van der Waals surface area contributed by atoms with Crippen molar-refractivity contribution in [1.29, 1.82) is 0 Å². The van der Waals surface area contributed by atoms with Crippen LogP contribution in [0.1, 0.15) is 6.42 Å². The Morgan fingerprint density at radius 3 is 2.58 bits per heavy atom. The zero-order valence-electron chi connectivity index (χ0n) is 7.28. The van der Waals surface area contributed by atoms with Crippen molar-refractivity contribution in [2.75, 3.05) is 20.6 Å². The zero-order valence-corrected chi connectivity index (χ0v) is 7.28. The van der Waals surface area contributed by atoms with Crippen molar-refractivity contribution >= 4 is 11.9 Å². The number of nitrogens with two attached hydrogens (primary N) is 1. The van der Waals surface area contributed by atoms with Crippen LogP contribution in [-0.2, 0) is 4.79 Å². The lowest BCUT2D eigenvalue weighted by Crippen LogP contribution is -2.43. The van der Waals surface area contributed by atoms with Gasteiger partial charge in [0.25, 0.3) is 0 Å².